The van der Waals surface area contributed by atoms with Crippen LogP contribution >= 0.6 is 0 Å². The van der Waals surface area contributed by atoms with Crippen molar-refractivity contribution in [3.05, 3.63) is 81.8 Å². The topological polar surface area (TPSA) is 103 Å². The smallest absolute Gasteiger partial charge is 0.267 e. The first kappa shape index (κ1) is 25.1. The molecule has 9 nitrogen and oxygen atoms in total. The van der Waals surface area contributed by atoms with Crippen molar-refractivity contribution in [2.75, 3.05) is 51.3 Å². The fourth-order valence-electron chi connectivity index (χ4n) is 4.22. The molecule has 1 N–H and O–H groups in total. The molecule has 3 aromatic rings. The summed E-state index contributed by atoms with van der Waals surface area (Å²) in [5.74, 6) is -0.0321. The molecule has 4 rings (SSSR count). The first-order chi connectivity index (χ1) is 17.6. The number of pyridine rings is 1. The third kappa shape index (κ3) is 5.97. The van der Waals surface area contributed by atoms with Gasteiger partial charge in [-0.1, -0.05) is 36.4 Å². The predicted molar refractivity (Wildman–Crippen MR) is 138 cm³/mol. The second-order valence-corrected chi connectivity index (χ2v) is 8.60. The molecule has 0 aliphatic carbocycles. The van der Waals surface area contributed by atoms with Crippen molar-refractivity contribution in [3.8, 4) is 6.07 Å². The molecule has 0 saturated carbocycles. The number of amides is 1. The Labute approximate surface area is 210 Å². The molecule has 1 aromatic carbocycles. The molecular formula is C27H30N6O3. The molecule has 186 valence electrons. The quantitative estimate of drug-likeness (QED) is 0.281. The summed E-state index contributed by atoms with van der Waals surface area (Å²) in [6, 6.07) is 17.6. The van der Waals surface area contributed by atoms with Gasteiger partial charge in [0.2, 0.25) is 0 Å². The monoisotopic (exact) mass is 486 g/mol. The number of nitrogens with zero attached hydrogens (tertiary/aromatic N) is 5. The summed E-state index contributed by atoms with van der Waals surface area (Å²) < 4.78 is 6.43. The number of aromatic nitrogens is 2. The highest BCUT2D eigenvalue weighted by atomic mass is 16.5. The van der Waals surface area contributed by atoms with Crippen LogP contribution in [0.1, 0.15) is 17.5 Å². The van der Waals surface area contributed by atoms with Gasteiger partial charge in [0, 0.05) is 59.2 Å². The molecule has 1 aliphatic rings. The minimum absolute atomic E-state index is 0.133. The number of carbonyl (C=O) groups is 1. The van der Waals surface area contributed by atoms with Crippen molar-refractivity contribution in [2.45, 2.75) is 13.0 Å². The molecule has 36 heavy (non-hydrogen) atoms. The Balaban J connectivity index is 1.61. The fourth-order valence-corrected chi connectivity index (χ4v) is 4.22. The van der Waals surface area contributed by atoms with Gasteiger partial charge in [-0.05, 0) is 30.2 Å². The Morgan fingerprint density at radius 2 is 1.89 bits per heavy atom. The third-order valence-electron chi connectivity index (χ3n) is 6.13. The summed E-state index contributed by atoms with van der Waals surface area (Å²) in [5.41, 5.74) is 1.56. The zero-order chi connectivity index (χ0) is 25.3. The van der Waals surface area contributed by atoms with Gasteiger partial charge < -0.3 is 15.0 Å². The SMILES string of the molecule is COCCCNC(=O)/C(C#N)=C/c1c(N2CCN(Cc3ccccc3)CC2)nc2ccccn2c1=O. The van der Waals surface area contributed by atoms with Crippen LogP contribution < -0.4 is 15.8 Å². The van der Waals surface area contributed by atoms with Gasteiger partial charge in [-0.25, -0.2) is 4.98 Å². The fraction of sp³-hybridized carbons (Fsp3) is 0.333. The highest BCUT2D eigenvalue weighted by molar-refractivity contribution is 6.02. The largest absolute Gasteiger partial charge is 0.385 e. The number of rotatable bonds is 9. The zero-order valence-electron chi connectivity index (χ0n) is 20.4. The van der Waals surface area contributed by atoms with E-state index in [0.29, 0.717) is 44.1 Å². The van der Waals surface area contributed by atoms with Gasteiger partial charge in [0.15, 0.2) is 0 Å². The van der Waals surface area contributed by atoms with Crippen LogP contribution in [0.3, 0.4) is 0 Å². The average Bonchev–Trinajstić information content (AvgIpc) is 2.91. The van der Waals surface area contributed by atoms with Gasteiger partial charge in [-0.15, -0.1) is 0 Å². The molecular weight excluding hydrogens is 456 g/mol. The van der Waals surface area contributed by atoms with E-state index in [1.165, 1.54) is 16.0 Å². The first-order valence-electron chi connectivity index (χ1n) is 12.0. The van der Waals surface area contributed by atoms with Crippen LogP contribution in [-0.4, -0.2) is 66.6 Å². The maximum atomic E-state index is 13.5. The molecule has 1 aliphatic heterocycles. The van der Waals surface area contributed by atoms with Crippen molar-refractivity contribution in [2.24, 2.45) is 0 Å². The highest BCUT2D eigenvalue weighted by Gasteiger charge is 2.23. The lowest BCUT2D eigenvalue weighted by atomic mass is 10.1. The van der Waals surface area contributed by atoms with Crippen molar-refractivity contribution in [1.29, 1.82) is 5.26 Å². The first-order valence-corrected chi connectivity index (χ1v) is 12.0. The normalized spacial score (nSPS) is 14.6. The molecule has 0 bridgehead atoms. The van der Waals surface area contributed by atoms with Gasteiger partial charge in [0.25, 0.3) is 11.5 Å². The summed E-state index contributed by atoms with van der Waals surface area (Å²) in [5, 5.41) is 12.4. The number of anilines is 1. The molecule has 0 atom stereocenters. The molecule has 0 spiro atoms. The van der Waals surface area contributed by atoms with Crippen LogP contribution in [0.15, 0.2) is 65.1 Å². The number of benzene rings is 1. The van der Waals surface area contributed by atoms with E-state index in [-0.39, 0.29) is 16.7 Å². The van der Waals surface area contributed by atoms with E-state index in [9.17, 15) is 14.9 Å². The third-order valence-corrected chi connectivity index (χ3v) is 6.13. The number of hydrogen-bond donors (Lipinski definition) is 1. The standard InChI is InChI=1S/C27H30N6O3/c1-36-17-7-11-29-26(34)22(19-28)18-23-25(30-24-10-5-6-12-33(24)27(23)35)32-15-13-31(14-16-32)20-21-8-3-2-4-9-21/h2-6,8-10,12,18H,7,11,13-17,20H2,1H3,(H,29,34)/b22-18+. The Morgan fingerprint density at radius 3 is 2.61 bits per heavy atom. The zero-order valence-corrected chi connectivity index (χ0v) is 20.4. The molecule has 1 saturated heterocycles. The summed E-state index contributed by atoms with van der Waals surface area (Å²) in [6.07, 6.45) is 3.63. The minimum Gasteiger partial charge on any atom is -0.385 e. The van der Waals surface area contributed by atoms with E-state index in [0.717, 1.165) is 19.6 Å². The summed E-state index contributed by atoms with van der Waals surface area (Å²) >= 11 is 0. The van der Waals surface area contributed by atoms with Crippen LogP contribution in [0.2, 0.25) is 0 Å². The summed E-state index contributed by atoms with van der Waals surface area (Å²) in [7, 11) is 1.59. The van der Waals surface area contributed by atoms with Crippen molar-refractivity contribution in [3.63, 3.8) is 0 Å². The molecule has 3 heterocycles. The lowest BCUT2D eigenvalue weighted by molar-refractivity contribution is -0.117. The lowest BCUT2D eigenvalue weighted by Crippen LogP contribution is -2.47. The van der Waals surface area contributed by atoms with Crippen LogP contribution in [0.5, 0.6) is 0 Å². The number of piperazine rings is 1. The van der Waals surface area contributed by atoms with Crippen molar-refractivity contribution >= 4 is 23.4 Å². The number of nitrogens with one attached hydrogen (secondary N) is 1. The Bertz CT molecular complexity index is 1320. The number of nitriles is 1. The Hall–Kier alpha value is -4.00. The number of carbonyl (C=O) groups excluding carboxylic acids is 1. The van der Waals surface area contributed by atoms with Gasteiger partial charge in [-0.3, -0.25) is 18.9 Å². The van der Waals surface area contributed by atoms with E-state index >= 15 is 0 Å². The summed E-state index contributed by atoms with van der Waals surface area (Å²) in [4.78, 5) is 35.3. The van der Waals surface area contributed by atoms with Gasteiger partial charge in [0.1, 0.15) is 23.1 Å². The average molecular weight is 487 g/mol. The van der Waals surface area contributed by atoms with Crippen molar-refractivity contribution in [1.82, 2.24) is 19.6 Å². The second-order valence-electron chi connectivity index (χ2n) is 8.60. The van der Waals surface area contributed by atoms with Crippen LogP contribution in [0.4, 0.5) is 5.82 Å². The van der Waals surface area contributed by atoms with Crippen LogP contribution in [0.25, 0.3) is 11.7 Å². The number of hydrogen-bond acceptors (Lipinski definition) is 7. The van der Waals surface area contributed by atoms with Crippen molar-refractivity contribution < 1.29 is 9.53 Å². The predicted octanol–water partition coefficient (Wildman–Crippen LogP) is 2.08. The molecule has 1 fully saturated rings. The van der Waals surface area contributed by atoms with E-state index in [1.54, 1.807) is 25.4 Å². The summed E-state index contributed by atoms with van der Waals surface area (Å²) in [6.45, 7) is 4.69. The van der Waals surface area contributed by atoms with E-state index in [1.807, 2.05) is 30.3 Å². The maximum absolute atomic E-state index is 13.5. The maximum Gasteiger partial charge on any atom is 0.267 e. The van der Waals surface area contributed by atoms with E-state index in [4.69, 9.17) is 9.72 Å². The van der Waals surface area contributed by atoms with Gasteiger partial charge in [-0.2, -0.15) is 5.26 Å². The molecule has 0 radical (unpaired) electrons. The lowest BCUT2D eigenvalue weighted by Gasteiger charge is -2.36. The number of fused-ring (bicyclic) bond motifs is 1. The molecule has 9 heteroatoms. The van der Waals surface area contributed by atoms with Gasteiger partial charge in [0.05, 0.1) is 5.56 Å². The van der Waals surface area contributed by atoms with Crippen LogP contribution in [-0.2, 0) is 16.1 Å². The molecule has 2 aromatic heterocycles. The molecule has 0 unspecified atom stereocenters. The second kappa shape index (κ2) is 12.1. The number of methoxy groups -OCH3 is 1. The number of ether oxygens (including phenoxy) is 1. The van der Waals surface area contributed by atoms with E-state index in [2.05, 4.69) is 27.2 Å². The van der Waals surface area contributed by atoms with Crippen LogP contribution in [0, 0.1) is 11.3 Å². The highest BCUT2D eigenvalue weighted by Crippen LogP contribution is 2.21. The molecule has 1 amide bonds. The van der Waals surface area contributed by atoms with Gasteiger partial charge >= 0.3 is 0 Å². The van der Waals surface area contributed by atoms with E-state index < -0.39 is 5.91 Å². The Morgan fingerprint density at radius 1 is 1.14 bits per heavy atom. The minimum atomic E-state index is -0.523. The Kier molecular flexibility index (Phi) is 8.44.